The molecule has 8 heteroatoms. The second-order valence-electron chi connectivity index (χ2n) is 16.9. The maximum Gasteiger partial charge on any atom is 0.267 e. The molecule has 3 atom stereocenters. The van der Waals surface area contributed by atoms with Gasteiger partial charge in [-0.05, 0) is 57.8 Å². The number of carbonyl (C=O) groups excluding carboxylic acids is 1. The van der Waals surface area contributed by atoms with Crippen molar-refractivity contribution in [3.05, 3.63) is 36.5 Å². The largest absolute Gasteiger partial charge is 0.387 e. The quantitative estimate of drug-likeness (QED) is 0.0276. The van der Waals surface area contributed by atoms with Crippen LogP contribution in [0.3, 0.4) is 0 Å². The number of hydrogen-bond acceptors (Lipinski definition) is 5. The van der Waals surface area contributed by atoms with Crippen LogP contribution in [0.15, 0.2) is 36.5 Å². The lowest BCUT2D eigenvalue weighted by Crippen LogP contribution is -2.50. The molecule has 0 aromatic carbocycles. The van der Waals surface area contributed by atoms with Gasteiger partial charge in [0.05, 0.1) is 17.9 Å². The fourth-order valence-corrected chi connectivity index (χ4v) is 8.14. The maximum absolute atomic E-state index is 12.6. The minimum atomic E-state index is -4.46. The number of aliphatic hydroxyl groups excluding tert-OH is 2. The molecule has 0 aliphatic heterocycles. The van der Waals surface area contributed by atoms with Crippen molar-refractivity contribution in [3.8, 4) is 0 Å². The number of aliphatic hydroxyl groups is 2. The van der Waals surface area contributed by atoms with Crippen molar-refractivity contribution >= 4 is 16.0 Å². The Morgan fingerprint density at radius 1 is 0.474 bits per heavy atom. The molecule has 0 saturated heterocycles. The molecule has 0 rings (SSSR count). The summed E-state index contributed by atoms with van der Waals surface area (Å²) in [6.07, 6.45) is 53.5. The highest BCUT2D eigenvalue weighted by Crippen LogP contribution is 2.15. The van der Waals surface area contributed by atoms with E-state index in [1.807, 2.05) is 0 Å². The van der Waals surface area contributed by atoms with Gasteiger partial charge in [0.25, 0.3) is 10.1 Å². The van der Waals surface area contributed by atoms with E-state index in [-0.39, 0.29) is 6.42 Å². The van der Waals surface area contributed by atoms with Gasteiger partial charge in [0, 0.05) is 0 Å². The van der Waals surface area contributed by atoms with Crippen LogP contribution in [0, 0.1) is 0 Å². The molecule has 57 heavy (non-hydrogen) atoms. The Morgan fingerprint density at radius 2 is 0.789 bits per heavy atom. The lowest BCUT2D eigenvalue weighted by Gasteiger charge is -2.22. The SMILES string of the molecule is CCCCCCCCCCCCCC/C=C\CCCCCCCCC(O)C(=O)NC(CS(=O)(=O)O)C(O)/C=C/CC/C=C/CCCCCCCCCCCCCC. The molecule has 0 fully saturated rings. The predicted molar refractivity (Wildman–Crippen MR) is 245 cm³/mol. The molecule has 0 spiro atoms. The molecule has 0 bridgehead atoms. The zero-order chi connectivity index (χ0) is 41.9. The fraction of sp³-hybridized carbons (Fsp3) is 0.857. The third-order valence-corrected chi connectivity index (χ3v) is 11.9. The van der Waals surface area contributed by atoms with Gasteiger partial charge < -0.3 is 15.5 Å². The molecule has 0 aliphatic carbocycles. The van der Waals surface area contributed by atoms with E-state index in [1.165, 1.54) is 179 Å². The van der Waals surface area contributed by atoms with Gasteiger partial charge in [-0.3, -0.25) is 9.35 Å². The molecule has 1 amide bonds. The Hall–Kier alpha value is -1.48. The van der Waals surface area contributed by atoms with E-state index in [0.29, 0.717) is 12.8 Å². The number of unbranched alkanes of at least 4 members (excludes halogenated alkanes) is 31. The summed E-state index contributed by atoms with van der Waals surface area (Å²) in [5.74, 6) is -1.56. The second kappa shape index (κ2) is 42.6. The average molecular weight is 824 g/mol. The monoisotopic (exact) mass is 824 g/mol. The molecule has 0 aliphatic rings. The van der Waals surface area contributed by atoms with Crippen LogP contribution in [0.25, 0.3) is 0 Å². The van der Waals surface area contributed by atoms with Crippen LogP contribution in [0.1, 0.15) is 245 Å². The van der Waals surface area contributed by atoms with Crippen molar-refractivity contribution in [2.45, 2.75) is 263 Å². The maximum atomic E-state index is 12.6. The summed E-state index contributed by atoms with van der Waals surface area (Å²) in [6.45, 7) is 4.54. The average Bonchev–Trinajstić information content (AvgIpc) is 3.18. The van der Waals surface area contributed by atoms with Gasteiger partial charge in [-0.15, -0.1) is 0 Å². The van der Waals surface area contributed by atoms with E-state index < -0.39 is 40.0 Å². The number of hydrogen-bond donors (Lipinski definition) is 4. The van der Waals surface area contributed by atoms with Gasteiger partial charge in [-0.2, -0.15) is 8.42 Å². The first-order valence-electron chi connectivity index (χ1n) is 24.3. The summed E-state index contributed by atoms with van der Waals surface area (Å²) in [4.78, 5) is 12.6. The first-order chi connectivity index (χ1) is 27.7. The molecule has 0 aromatic rings. The Bertz CT molecular complexity index is 1060. The molecule has 0 radical (unpaired) electrons. The van der Waals surface area contributed by atoms with Crippen molar-refractivity contribution in [2.75, 3.05) is 5.75 Å². The van der Waals surface area contributed by atoms with Crippen LogP contribution in [0.2, 0.25) is 0 Å². The normalized spacial score (nSPS) is 14.0. The molecule has 7 nitrogen and oxygen atoms in total. The van der Waals surface area contributed by atoms with Gasteiger partial charge in [-0.1, -0.05) is 224 Å². The summed E-state index contributed by atoms with van der Waals surface area (Å²) in [5, 5.41) is 23.5. The summed E-state index contributed by atoms with van der Waals surface area (Å²) < 4.78 is 32.6. The second-order valence-corrected chi connectivity index (χ2v) is 18.4. The number of allylic oxidation sites excluding steroid dienone is 5. The van der Waals surface area contributed by atoms with Gasteiger partial charge in [0.1, 0.15) is 6.10 Å². The van der Waals surface area contributed by atoms with Crippen LogP contribution in [-0.2, 0) is 14.9 Å². The third-order valence-electron chi connectivity index (χ3n) is 11.1. The number of amides is 1. The van der Waals surface area contributed by atoms with E-state index in [2.05, 4.69) is 43.5 Å². The topological polar surface area (TPSA) is 124 Å². The first-order valence-corrected chi connectivity index (χ1v) is 25.9. The van der Waals surface area contributed by atoms with E-state index in [9.17, 15) is 28.0 Å². The van der Waals surface area contributed by atoms with Crippen LogP contribution in [0.5, 0.6) is 0 Å². The minimum absolute atomic E-state index is 0.268. The molecule has 336 valence electrons. The number of rotatable bonds is 44. The van der Waals surface area contributed by atoms with Crippen molar-refractivity contribution in [3.63, 3.8) is 0 Å². The van der Waals surface area contributed by atoms with Crippen molar-refractivity contribution in [1.82, 2.24) is 5.32 Å². The van der Waals surface area contributed by atoms with Crippen molar-refractivity contribution < 1.29 is 28.0 Å². The zero-order valence-corrected chi connectivity index (χ0v) is 38.2. The van der Waals surface area contributed by atoms with Gasteiger partial charge >= 0.3 is 0 Å². The highest BCUT2D eigenvalue weighted by atomic mass is 32.2. The van der Waals surface area contributed by atoms with Gasteiger partial charge in [0.15, 0.2) is 0 Å². The summed E-state index contributed by atoms with van der Waals surface area (Å²) in [7, 11) is -4.46. The lowest BCUT2D eigenvalue weighted by molar-refractivity contribution is -0.130. The van der Waals surface area contributed by atoms with E-state index >= 15 is 0 Å². The Balaban J connectivity index is 3.97. The summed E-state index contributed by atoms with van der Waals surface area (Å²) in [5.41, 5.74) is 0. The van der Waals surface area contributed by atoms with Crippen molar-refractivity contribution in [1.29, 1.82) is 0 Å². The number of carbonyl (C=O) groups is 1. The Kier molecular flexibility index (Phi) is 41.5. The lowest BCUT2D eigenvalue weighted by atomic mass is 10.0. The van der Waals surface area contributed by atoms with Gasteiger partial charge in [0.2, 0.25) is 5.91 Å². The molecular formula is C49H93NO6S. The number of nitrogens with one attached hydrogen (secondary N) is 1. The van der Waals surface area contributed by atoms with E-state index in [4.69, 9.17) is 0 Å². The third kappa shape index (κ3) is 42.5. The zero-order valence-electron chi connectivity index (χ0n) is 37.3. The molecule has 3 unspecified atom stereocenters. The Morgan fingerprint density at radius 3 is 1.16 bits per heavy atom. The highest BCUT2D eigenvalue weighted by Gasteiger charge is 2.27. The van der Waals surface area contributed by atoms with Crippen LogP contribution < -0.4 is 5.32 Å². The van der Waals surface area contributed by atoms with Crippen LogP contribution >= 0.6 is 0 Å². The molecule has 0 heterocycles. The first kappa shape index (κ1) is 55.5. The summed E-state index contributed by atoms with van der Waals surface area (Å²) in [6, 6.07) is -1.25. The summed E-state index contributed by atoms with van der Waals surface area (Å²) >= 11 is 0. The molecule has 0 saturated carbocycles. The smallest absolute Gasteiger partial charge is 0.267 e. The highest BCUT2D eigenvalue weighted by molar-refractivity contribution is 7.85. The predicted octanol–water partition coefficient (Wildman–Crippen LogP) is 13.8. The Labute approximate surface area is 353 Å². The molecule has 0 aromatic heterocycles. The van der Waals surface area contributed by atoms with E-state index in [1.54, 1.807) is 6.08 Å². The fourth-order valence-electron chi connectivity index (χ4n) is 7.41. The minimum Gasteiger partial charge on any atom is -0.387 e. The van der Waals surface area contributed by atoms with Gasteiger partial charge in [-0.25, -0.2) is 0 Å². The molecule has 4 N–H and O–H groups in total. The van der Waals surface area contributed by atoms with Crippen molar-refractivity contribution in [2.24, 2.45) is 0 Å². The van der Waals surface area contributed by atoms with Crippen LogP contribution in [0.4, 0.5) is 0 Å². The standard InChI is InChI=1S/C49H93NO6S/c1-3-5-7-9-11-13-15-17-19-21-23-24-25-26-28-30-32-34-36-38-40-42-44-48(52)49(53)50-46(45-57(54,55)56)47(51)43-41-39-37-35-33-31-29-27-22-20-18-16-14-12-10-8-6-4-2/h26,28,33,35,41,43,46-48,51-52H,3-25,27,29-32,34,36-40,42,44-45H2,1-2H3,(H,50,53)(H,54,55,56)/b28-26-,35-33+,43-41+. The van der Waals surface area contributed by atoms with Crippen LogP contribution in [-0.4, -0.2) is 53.1 Å². The molecular weight excluding hydrogens is 731 g/mol. The van der Waals surface area contributed by atoms with E-state index in [0.717, 1.165) is 38.5 Å².